The van der Waals surface area contributed by atoms with Crippen LogP contribution in [0.5, 0.6) is 0 Å². The lowest BCUT2D eigenvalue weighted by molar-refractivity contribution is -0.135. The Bertz CT molecular complexity index is 218. The van der Waals surface area contributed by atoms with Crippen molar-refractivity contribution in [1.82, 2.24) is 10.6 Å². The summed E-state index contributed by atoms with van der Waals surface area (Å²) in [6.07, 6.45) is -0.369. The maximum absolute atomic E-state index is 11.6. The van der Waals surface area contributed by atoms with Crippen LogP contribution in [-0.2, 0) is 14.3 Å². The van der Waals surface area contributed by atoms with Gasteiger partial charge in [-0.2, -0.15) is 0 Å². The summed E-state index contributed by atoms with van der Waals surface area (Å²) in [5.41, 5.74) is -0.336. The minimum Gasteiger partial charge on any atom is -0.377 e. The fraction of sp³-hybridized carbons (Fsp3) is 0.900. The van der Waals surface area contributed by atoms with E-state index in [-0.39, 0.29) is 30.0 Å². The fourth-order valence-electron chi connectivity index (χ4n) is 1.22. The number of halogens is 1. The van der Waals surface area contributed by atoms with Crippen LogP contribution in [0.4, 0.5) is 0 Å². The van der Waals surface area contributed by atoms with Crippen molar-refractivity contribution in [2.75, 3.05) is 33.4 Å². The maximum Gasteiger partial charge on any atom is 0.250 e. The van der Waals surface area contributed by atoms with E-state index in [1.807, 2.05) is 13.8 Å². The van der Waals surface area contributed by atoms with Crippen LogP contribution >= 0.6 is 12.4 Å². The molecular weight excluding hydrogens is 232 g/mol. The van der Waals surface area contributed by atoms with Gasteiger partial charge in [0.05, 0.1) is 12.2 Å². The van der Waals surface area contributed by atoms with Crippen molar-refractivity contribution in [2.24, 2.45) is 0 Å². The van der Waals surface area contributed by atoms with E-state index in [4.69, 9.17) is 9.47 Å². The maximum atomic E-state index is 11.6. The summed E-state index contributed by atoms with van der Waals surface area (Å²) >= 11 is 0. The molecule has 96 valence electrons. The number of hydrogen-bond acceptors (Lipinski definition) is 4. The highest BCUT2D eigenvalue weighted by molar-refractivity contribution is 5.85. The van der Waals surface area contributed by atoms with E-state index in [0.29, 0.717) is 19.7 Å². The Kier molecular flexibility index (Phi) is 6.90. The molecule has 16 heavy (non-hydrogen) atoms. The summed E-state index contributed by atoms with van der Waals surface area (Å²) < 4.78 is 10.5. The van der Waals surface area contributed by atoms with E-state index in [1.54, 1.807) is 7.11 Å². The molecule has 0 aliphatic carbocycles. The molecule has 1 atom stereocenters. The van der Waals surface area contributed by atoms with Gasteiger partial charge in [-0.05, 0) is 13.8 Å². The topological polar surface area (TPSA) is 59.6 Å². The Labute approximate surface area is 103 Å². The summed E-state index contributed by atoms with van der Waals surface area (Å²) in [6, 6.07) is 0. The molecule has 5 nitrogen and oxygen atoms in total. The Morgan fingerprint density at radius 1 is 1.62 bits per heavy atom. The lowest BCUT2D eigenvalue weighted by Gasteiger charge is -2.26. The normalized spacial score (nSPS) is 21.1. The van der Waals surface area contributed by atoms with Gasteiger partial charge in [0.25, 0.3) is 5.91 Å². The predicted octanol–water partition coefficient (Wildman–Crippen LogP) is -0.0622. The van der Waals surface area contributed by atoms with E-state index in [2.05, 4.69) is 10.6 Å². The summed E-state index contributed by atoms with van der Waals surface area (Å²) in [5, 5.41) is 5.92. The zero-order chi connectivity index (χ0) is 11.3. The third kappa shape index (κ3) is 5.12. The van der Waals surface area contributed by atoms with Crippen molar-refractivity contribution in [3.63, 3.8) is 0 Å². The smallest absolute Gasteiger partial charge is 0.250 e. The van der Waals surface area contributed by atoms with Gasteiger partial charge in [-0.3, -0.25) is 4.79 Å². The quantitative estimate of drug-likeness (QED) is 0.736. The second-order valence-corrected chi connectivity index (χ2v) is 4.25. The number of methoxy groups -OCH3 is 1. The molecule has 0 aromatic carbocycles. The van der Waals surface area contributed by atoms with Crippen LogP contribution < -0.4 is 10.6 Å². The molecule has 1 aliphatic rings. The third-order valence-corrected chi connectivity index (χ3v) is 2.46. The van der Waals surface area contributed by atoms with Crippen molar-refractivity contribution in [3.8, 4) is 0 Å². The molecule has 1 amide bonds. The summed E-state index contributed by atoms with van der Waals surface area (Å²) in [7, 11) is 1.63. The zero-order valence-corrected chi connectivity index (χ0v) is 10.9. The van der Waals surface area contributed by atoms with E-state index in [0.717, 1.165) is 6.54 Å². The number of rotatable bonds is 4. The van der Waals surface area contributed by atoms with Crippen LogP contribution in [0.15, 0.2) is 0 Å². The number of morpholine rings is 1. The third-order valence-electron chi connectivity index (χ3n) is 2.46. The molecule has 1 saturated heterocycles. The highest BCUT2D eigenvalue weighted by Crippen LogP contribution is 2.05. The van der Waals surface area contributed by atoms with Gasteiger partial charge in [-0.1, -0.05) is 0 Å². The van der Waals surface area contributed by atoms with E-state index >= 15 is 0 Å². The minimum absolute atomic E-state index is 0. The van der Waals surface area contributed by atoms with Gasteiger partial charge in [0.2, 0.25) is 0 Å². The van der Waals surface area contributed by atoms with Crippen molar-refractivity contribution >= 4 is 18.3 Å². The lowest BCUT2D eigenvalue weighted by Crippen LogP contribution is -2.50. The molecule has 1 heterocycles. The molecule has 0 unspecified atom stereocenters. The van der Waals surface area contributed by atoms with E-state index < -0.39 is 0 Å². The Hall–Kier alpha value is -0.360. The van der Waals surface area contributed by atoms with Crippen LogP contribution in [0.25, 0.3) is 0 Å². The number of ether oxygens (including phenoxy) is 2. The summed E-state index contributed by atoms with van der Waals surface area (Å²) in [4.78, 5) is 11.6. The molecule has 6 heteroatoms. The van der Waals surface area contributed by atoms with Gasteiger partial charge in [0, 0.05) is 26.7 Å². The van der Waals surface area contributed by atoms with Gasteiger partial charge < -0.3 is 20.1 Å². The predicted molar refractivity (Wildman–Crippen MR) is 64.0 cm³/mol. The number of amides is 1. The van der Waals surface area contributed by atoms with Gasteiger partial charge in [-0.25, -0.2) is 0 Å². The standard InChI is InChI=1S/C10H20N2O3.ClH/c1-10(2,14-3)7-12-9(13)8-6-11-4-5-15-8;/h8,11H,4-7H2,1-3H3,(H,12,13);1H/t8-;/m0./s1. The van der Waals surface area contributed by atoms with Crippen molar-refractivity contribution in [1.29, 1.82) is 0 Å². The molecule has 0 bridgehead atoms. The van der Waals surface area contributed by atoms with Crippen molar-refractivity contribution in [2.45, 2.75) is 25.6 Å². The number of hydrogen-bond donors (Lipinski definition) is 2. The summed E-state index contributed by atoms with van der Waals surface area (Å²) in [5.74, 6) is -0.0766. The fourth-order valence-corrected chi connectivity index (χ4v) is 1.22. The zero-order valence-electron chi connectivity index (χ0n) is 10.0. The molecule has 0 saturated carbocycles. The minimum atomic E-state index is -0.369. The lowest BCUT2D eigenvalue weighted by atomic mass is 10.1. The molecule has 0 aromatic rings. The molecule has 0 radical (unpaired) electrons. The number of carbonyl (C=O) groups excluding carboxylic acids is 1. The second kappa shape index (κ2) is 7.06. The van der Waals surface area contributed by atoms with Crippen LogP contribution in [0.3, 0.4) is 0 Å². The molecule has 1 aliphatic heterocycles. The second-order valence-electron chi connectivity index (χ2n) is 4.25. The Balaban J connectivity index is 0.00000225. The van der Waals surface area contributed by atoms with Gasteiger partial charge in [-0.15, -0.1) is 12.4 Å². The van der Waals surface area contributed by atoms with Crippen LogP contribution in [0.1, 0.15) is 13.8 Å². The highest BCUT2D eigenvalue weighted by Gasteiger charge is 2.24. The monoisotopic (exact) mass is 252 g/mol. The summed E-state index contributed by atoms with van der Waals surface area (Å²) in [6.45, 7) is 6.32. The average Bonchev–Trinajstić information content (AvgIpc) is 2.27. The van der Waals surface area contributed by atoms with E-state index in [1.165, 1.54) is 0 Å². The molecule has 2 N–H and O–H groups in total. The van der Waals surface area contributed by atoms with Crippen molar-refractivity contribution < 1.29 is 14.3 Å². The largest absolute Gasteiger partial charge is 0.377 e. The first-order chi connectivity index (χ1) is 7.05. The number of nitrogens with one attached hydrogen (secondary N) is 2. The molecule has 0 aromatic heterocycles. The first-order valence-corrected chi connectivity index (χ1v) is 5.20. The molecule has 1 rings (SSSR count). The SMILES string of the molecule is COC(C)(C)CNC(=O)[C@@H]1CNCCO1.Cl. The average molecular weight is 253 g/mol. The molecule has 1 fully saturated rings. The van der Waals surface area contributed by atoms with Gasteiger partial charge in [0.15, 0.2) is 0 Å². The Morgan fingerprint density at radius 2 is 2.31 bits per heavy atom. The van der Waals surface area contributed by atoms with Gasteiger partial charge >= 0.3 is 0 Å². The van der Waals surface area contributed by atoms with E-state index in [9.17, 15) is 4.79 Å². The first kappa shape index (κ1) is 15.6. The first-order valence-electron chi connectivity index (χ1n) is 5.20. The molecular formula is C10H21ClN2O3. The van der Waals surface area contributed by atoms with Gasteiger partial charge in [0.1, 0.15) is 6.10 Å². The van der Waals surface area contributed by atoms with Crippen LogP contribution in [0, 0.1) is 0 Å². The van der Waals surface area contributed by atoms with Crippen LogP contribution in [-0.4, -0.2) is 51.0 Å². The Morgan fingerprint density at radius 3 is 2.81 bits per heavy atom. The highest BCUT2D eigenvalue weighted by atomic mass is 35.5. The number of carbonyl (C=O) groups is 1. The van der Waals surface area contributed by atoms with Crippen molar-refractivity contribution in [3.05, 3.63) is 0 Å². The van der Waals surface area contributed by atoms with Crippen LogP contribution in [0.2, 0.25) is 0 Å². The molecule has 0 spiro atoms.